The van der Waals surface area contributed by atoms with Gasteiger partial charge >= 0.3 is 0 Å². The fourth-order valence-electron chi connectivity index (χ4n) is 3.19. The first-order valence-corrected chi connectivity index (χ1v) is 10.8. The number of halogens is 2. The van der Waals surface area contributed by atoms with Crippen LogP contribution >= 0.6 is 34.5 Å². The molecule has 0 bridgehead atoms. The maximum absolute atomic E-state index is 13.1. The van der Waals surface area contributed by atoms with E-state index in [1.165, 1.54) is 11.3 Å². The summed E-state index contributed by atoms with van der Waals surface area (Å²) in [6.07, 6.45) is 0.408. The van der Waals surface area contributed by atoms with Gasteiger partial charge in [0.1, 0.15) is 0 Å². The SMILES string of the molecule is O=C(c1cccs1)N(Cc1ccccc1Cl)C[C@H]1CC(c2ccc(Cl)cc2)=NO1. The molecule has 29 heavy (non-hydrogen) atoms. The van der Waals surface area contributed by atoms with Crippen LogP contribution in [0.4, 0.5) is 0 Å². The van der Waals surface area contributed by atoms with Gasteiger partial charge in [0, 0.05) is 23.0 Å². The van der Waals surface area contributed by atoms with Gasteiger partial charge in [0.05, 0.1) is 17.1 Å². The zero-order valence-corrected chi connectivity index (χ0v) is 17.8. The summed E-state index contributed by atoms with van der Waals surface area (Å²) in [7, 11) is 0. The molecule has 1 aliphatic heterocycles. The molecule has 0 aliphatic carbocycles. The average Bonchev–Trinajstić information content (AvgIpc) is 3.41. The van der Waals surface area contributed by atoms with Crippen LogP contribution in [0.1, 0.15) is 27.2 Å². The van der Waals surface area contributed by atoms with Gasteiger partial charge in [-0.1, -0.05) is 64.8 Å². The fraction of sp³-hybridized carbons (Fsp3) is 0.182. The fourth-order valence-corrected chi connectivity index (χ4v) is 4.20. The molecule has 4 rings (SSSR count). The first kappa shape index (κ1) is 20.0. The zero-order valence-electron chi connectivity index (χ0n) is 15.4. The number of rotatable bonds is 6. The van der Waals surface area contributed by atoms with E-state index in [0.717, 1.165) is 16.8 Å². The van der Waals surface area contributed by atoms with Gasteiger partial charge in [-0.25, -0.2) is 0 Å². The standard InChI is InChI=1S/C22H18Cl2N2O2S/c23-17-9-7-15(8-10-17)20-12-18(28-25-20)14-26(22(27)21-6-3-11-29-21)13-16-4-1-2-5-19(16)24/h1-11,18H,12-14H2/t18-/m1/s1. The molecule has 2 aromatic carbocycles. The van der Waals surface area contributed by atoms with Crippen molar-refractivity contribution in [2.45, 2.75) is 19.1 Å². The number of nitrogens with zero attached hydrogens (tertiary/aromatic N) is 2. The molecule has 4 nitrogen and oxygen atoms in total. The first-order chi connectivity index (χ1) is 14.1. The molecule has 0 saturated carbocycles. The topological polar surface area (TPSA) is 41.9 Å². The Labute approximate surface area is 183 Å². The Balaban J connectivity index is 1.49. The van der Waals surface area contributed by atoms with Gasteiger partial charge < -0.3 is 9.74 Å². The van der Waals surface area contributed by atoms with Gasteiger partial charge in [0.15, 0.2) is 6.10 Å². The molecule has 1 aromatic heterocycles. The second-order valence-corrected chi connectivity index (χ2v) is 8.52. The smallest absolute Gasteiger partial charge is 0.264 e. The number of carbonyl (C=O) groups is 1. The Morgan fingerprint density at radius 1 is 1.10 bits per heavy atom. The van der Waals surface area contributed by atoms with Crippen molar-refractivity contribution < 1.29 is 9.63 Å². The molecule has 0 unspecified atom stereocenters. The molecule has 7 heteroatoms. The van der Waals surface area contributed by atoms with Crippen LogP contribution < -0.4 is 0 Å². The largest absolute Gasteiger partial charge is 0.390 e. The Morgan fingerprint density at radius 3 is 2.62 bits per heavy atom. The molecule has 1 aliphatic rings. The highest BCUT2D eigenvalue weighted by Gasteiger charge is 2.28. The van der Waals surface area contributed by atoms with E-state index < -0.39 is 0 Å². The Hall–Kier alpha value is -2.34. The van der Waals surface area contributed by atoms with Crippen molar-refractivity contribution in [3.63, 3.8) is 0 Å². The van der Waals surface area contributed by atoms with E-state index in [-0.39, 0.29) is 12.0 Å². The summed E-state index contributed by atoms with van der Waals surface area (Å²) in [5, 5.41) is 7.45. The molecule has 0 radical (unpaired) electrons. The highest BCUT2D eigenvalue weighted by molar-refractivity contribution is 7.12. The molecule has 148 valence electrons. The van der Waals surface area contributed by atoms with Crippen molar-refractivity contribution in [2.75, 3.05) is 6.54 Å². The van der Waals surface area contributed by atoms with E-state index >= 15 is 0 Å². The first-order valence-electron chi connectivity index (χ1n) is 9.15. The molecular formula is C22H18Cl2N2O2S. The van der Waals surface area contributed by atoms with E-state index in [2.05, 4.69) is 5.16 Å². The van der Waals surface area contributed by atoms with Crippen LogP contribution in [-0.2, 0) is 11.4 Å². The van der Waals surface area contributed by atoms with Gasteiger partial charge in [0.2, 0.25) is 0 Å². The van der Waals surface area contributed by atoms with Crippen molar-refractivity contribution in [1.82, 2.24) is 4.90 Å². The maximum atomic E-state index is 13.1. The highest BCUT2D eigenvalue weighted by Crippen LogP contribution is 2.23. The Kier molecular flexibility index (Phi) is 6.19. The van der Waals surface area contributed by atoms with Crippen LogP contribution in [0.3, 0.4) is 0 Å². The second-order valence-electron chi connectivity index (χ2n) is 6.73. The highest BCUT2D eigenvalue weighted by atomic mass is 35.5. The maximum Gasteiger partial charge on any atom is 0.264 e. The normalized spacial score (nSPS) is 15.7. The number of hydrogen-bond donors (Lipinski definition) is 0. The summed E-state index contributed by atoms with van der Waals surface area (Å²) in [6.45, 7) is 0.828. The third-order valence-corrected chi connectivity index (χ3v) is 6.15. The van der Waals surface area contributed by atoms with Gasteiger partial charge in [-0.2, -0.15) is 0 Å². The Bertz CT molecular complexity index is 1020. The molecule has 0 fully saturated rings. The van der Waals surface area contributed by atoms with Crippen LogP contribution in [0.15, 0.2) is 71.2 Å². The van der Waals surface area contributed by atoms with E-state index in [1.807, 2.05) is 66.0 Å². The number of benzene rings is 2. The molecular weight excluding hydrogens is 427 g/mol. The van der Waals surface area contributed by atoms with Crippen molar-refractivity contribution in [3.05, 3.63) is 92.1 Å². The van der Waals surface area contributed by atoms with Crippen LogP contribution in [0.25, 0.3) is 0 Å². The number of amides is 1. The third-order valence-electron chi connectivity index (χ3n) is 4.67. The number of hydrogen-bond acceptors (Lipinski definition) is 4. The molecule has 0 spiro atoms. The Morgan fingerprint density at radius 2 is 1.90 bits per heavy atom. The molecule has 1 atom stereocenters. The summed E-state index contributed by atoms with van der Waals surface area (Å²) in [5.74, 6) is -0.0385. The van der Waals surface area contributed by atoms with Crippen LogP contribution in [0, 0.1) is 0 Å². The molecule has 2 heterocycles. The van der Waals surface area contributed by atoms with Crippen molar-refractivity contribution in [3.8, 4) is 0 Å². The lowest BCUT2D eigenvalue weighted by molar-refractivity contribution is 0.0408. The van der Waals surface area contributed by atoms with Crippen molar-refractivity contribution in [2.24, 2.45) is 5.16 Å². The van der Waals surface area contributed by atoms with E-state index in [1.54, 1.807) is 4.90 Å². The average molecular weight is 445 g/mol. The lowest BCUT2D eigenvalue weighted by atomic mass is 10.0. The summed E-state index contributed by atoms with van der Waals surface area (Å²) < 4.78 is 0. The quantitative estimate of drug-likeness (QED) is 0.475. The summed E-state index contributed by atoms with van der Waals surface area (Å²) in [4.78, 5) is 21.2. The van der Waals surface area contributed by atoms with E-state index in [4.69, 9.17) is 28.0 Å². The van der Waals surface area contributed by atoms with Gasteiger partial charge in [-0.05, 0) is 40.8 Å². The predicted molar refractivity (Wildman–Crippen MR) is 118 cm³/mol. The van der Waals surface area contributed by atoms with Crippen LogP contribution in [0.5, 0.6) is 0 Å². The monoisotopic (exact) mass is 444 g/mol. The summed E-state index contributed by atoms with van der Waals surface area (Å²) >= 11 is 13.7. The summed E-state index contributed by atoms with van der Waals surface area (Å²) in [6, 6.07) is 18.8. The molecule has 3 aromatic rings. The molecule has 0 saturated heterocycles. The number of thiophene rings is 1. The van der Waals surface area contributed by atoms with Crippen LogP contribution in [0.2, 0.25) is 10.0 Å². The predicted octanol–water partition coefficient (Wildman–Crippen LogP) is 5.89. The minimum atomic E-state index is -0.216. The summed E-state index contributed by atoms with van der Waals surface area (Å²) in [5.41, 5.74) is 2.72. The number of oxime groups is 1. The molecule has 1 amide bonds. The number of carbonyl (C=O) groups excluding carboxylic acids is 1. The van der Waals surface area contributed by atoms with E-state index in [0.29, 0.717) is 34.4 Å². The second kappa shape index (κ2) is 8.99. The zero-order chi connectivity index (χ0) is 20.2. The van der Waals surface area contributed by atoms with Gasteiger partial charge in [-0.3, -0.25) is 4.79 Å². The minimum Gasteiger partial charge on any atom is -0.390 e. The van der Waals surface area contributed by atoms with Gasteiger partial charge in [0.25, 0.3) is 5.91 Å². The van der Waals surface area contributed by atoms with Crippen LogP contribution in [-0.4, -0.2) is 29.2 Å². The third kappa shape index (κ3) is 4.81. The lowest BCUT2D eigenvalue weighted by Gasteiger charge is -2.25. The van der Waals surface area contributed by atoms with Crippen molar-refractivity contribution in [1.29, 1.82) is 0 Å². The molecule has 0 N–H and O–H groups in total. The lowest BCUT2D eigenvalue weighted by Crippen LogP contribution is -2.37. The minimum absolute atomic E-state index is 0.0385. The van der Waals surface area contributed by atoms with Gasteiger partial charge in [-0.15, -0.1) is 11.3 Å². The van der Waals surface area contributed by atoms with E-state index in [9.17, 15) is 4.79 Å². The van der Waals surface area contributed by atoms with Crippen molar-refractivity contribution >= 4 is 46.2 Å².